The summed E-state index contributed by atoms with van der Waals surface area (Å²) in [5, 5.41) is 8.66. The third kappa shape index (κ3) is 6.86. The van der Waals surface area contributed by atoms with Crippen molar-refractivity contribution in [3.8, 4) is 0 Å². The van der Waals surface area contributed by atoms with Crippen molar-refractivity contribution in [3.05, 3.63) is 0 Å². The third-order valence-electron chi connectivity index (χ3n) is 4.17. The van der Waals surface area contributed by atoms with E-state index in [1.54, 1.807) is 0 Å². The highest BCUT2D eigenvalue weighted by Gasteiger charge is 2.41. The highest BCUT2D eigenvalue weighted by molar-refractivity contribution is 6.74. The molecule has 0 aromatic carbocycles. The van der Waals surface area contributed by atoms with E-state index in [4.69, 9.17) is 9.68 Å². The van der Waals surface area contributed by atoms with Gasteiger partial charge in [0.1, 0.15) is 6.10 Å². The summed E-state index contributed by atoms with van der Waals surface area (Å²) in [6.45, 7) is 12.8. The molecule has 0 radical (unpaired) electrons. The van der Waals surface area contributed by atoms with Crippen molar-refractivity contribution in [1.82, 2.24) is 0 Å². The average Bonchev–Trinajstić information content (AvgIpc) is 2.34. The number of carbonyl (C=O) groups excluding carboxylic acids is 1. The summed E-state index contributed by atoms with van der Waals surface area (Å²) in [5.74, 6) is -0.662. The Morgan fingerprint density at radius 1 is 1.15 bits per heavy atom. The maximum atomic E-state index is 11.7. The maximum absolute atomic E-state index is 11.7. The van der Waals surface area contributed by atoms with Crippen LogP contribution in [-0.2, 0) is 14.1 Å². The van der Waals surface area contributed by atoms with Gasteiger partial charge in [-0.05, 0) is 24.6 Å². The van der Waals surface area contributed by atoms with E-state index in [1.807, 2.05) is 0 Å². The molecule has 0 heterocycles. The second kappa shape index (κ2) is 8.80. The molecule has 0 spiro atoms. The zero-order valence-electron chi connectivity index (χ0n) is 14.0. The minimum atomic E-state index is -2.03. The Morgan fingerprint density at radius 3 is 2.15 bits per heavy atom. The predicted octanol–water partition coefficient (Wildman–Crippen LogP) is 4.75. The molecule has 0 aliphatic rings. The molecule has 1 unspecified atom stereocenters. The lowest BCUT2D eigenvalue weighted by molar-refractivity contribution is -0.242. The van der Waals surface area contributed by atoms with E-state index in [9.17, 15) is 4.79 Å². The Morgan fingerprint density at radius 2 is 1.70 bits per heavy atom. The van der Waals surface area contributed by atoms with Gasteiger partial charge in [0.25, 0.3) is 0 Å². The minimum absolute atomic E-state index is 0.0309. The topological polar surface area (TPSA) is 55.8 Å². The summed E-state index contributed by atoms with van der Waals surface area (Å²) in [6, 6.07) is 0. The van der Waals surface area contributed by atoms with Crippen LogP contribution in [0.4, 0.5) is 0 Å². The molecule has 5 heteroatoms. The maximum Gasteiger partial charge on any atom is 0.369 e. The second-order valence-corrected chi connectivity index (χ2v) is 11.7. The van der Waals surface area contributed by atoms with Crippen molar-refractivity contribution in [2.45, 2.75) is 90.5 Å². The van der Waals surface area contributed by atoms with Gasteiger partial charge in [-0.2, -0.15) is 5.26 Å². The molecule has 0 fully saturated rings. The molecular formula is C15H32O4Si. The van der Waals surface area contributed by atoms with Gasteiger partial charge in [-0.1, -0.05) is 59.8 Å². The zero-order chi connectivity index (χ0) is 15.8. The van der Waals surface area contributed by atoms with E-state index in [-0.39, 0.29) is 5.04 Å². The van der Waals surface area contributed by atoms with Crippen LogP contribution < -0.4 is 0 Å². The smallest absolute Gasteiger partial charge is 0.369 e. The quantitative estimate of drug-likeness (QED) is 0.289. The van der Waals surface area contributed by atoms with Gasteiger partial charge in [0, 0.05) is 0 Å². The SMILES string of the molecule is CCCCCCCC(O[Si](C)(C)C(C)(C)C)C(=O)OO. The van der Waals surface area contributed by atoms with Crippen LogP contribution in [0.1, 0.15) is 66.2 Å². The number of unbranched alkanes of at least 4 members (excludes halogenated alkanes) is 4. The van der Waals surface area contributed by atoms with Crippen molar-refractivity contribution in [3.63, 3.8) is 0 Å². The molecule has 0 bridgehead atoms. The van der Waals surface area contributed by atoms with Gasteiger partial charge >= 0.3 is 5.97 Å². The van der Waals surface area contributed by atoms with Gasteiger partial charge in [0.15, 0.2) is 8.32 Å². The molecule has 0 saturated heterocycles. The van der Waals surface area contributed by atoms with Gasteiger partial charge in [-0.15, -0.1) is 0 Å². The van der Waals surface area contributed by atoms with E-state index in [0.717, 1.165) is 12.8 Å². The summed E-state index contributed by atoms with van der Waals surface area (Å²) < 4.78 is 6.07. The van der Waals surface area contributed by atoms with Crippen LogP contribution in [0, 0.1) is 0 Å². The molecule has 120 valence electrons. The van der Waals surface area contributed by atoms with Crippen molar-refractivity contribution in [1.29, 1.82) is 0 Å². The van der Waals surface area contributed by atoms with E-state index in [2.05, 4.69) is 45.7 Å². The summed E-state index contributed by atoms with van der Waals surface area (Å²) in [7, 11) is -2.03. The summed E-state index contributed by atoms with van der Waals surface area (Å²) in [5.41, 5.74) is 0. The lowest BCUT2D eigenvalue weighted by Crippen LogP contribution is -2.46. The summed E-state index contributed by atoms with van der Waals surface area (Å²) in [6.07, 6.45) is 5.59. The van der Waals surface area contributed by atoms with Crippen molar-refractivity contribution in [2.24, 2.45) is 0 Å². The first-order valence-corrected chi connectivity index (χ1v) is 10.6. The number of carbonyl (C=O) groups is 1. The molecule has 20 heavy (non-hydrogen) atoms. The fourth-order valence-corrected chi connectivity index (χ4v) is 3.03. The fourth-order valence-electron chi connectivity index (χ4n) is 1.75. The monoisotopic (exact) mass is 304 g/mol. The first kappa shape index (κ1) is 19.6. The normalized spacial score (nSPS) is 14.2. The Hall–Kier alpha value is -0.393. The first-order valence-electron chi connectivity index (χ1n) is 7.68. The van der Waals surface area contributed by atoms with Crippen LogP contribution in [0.3, 0.4) is 0 Å². The van der Waals surface area contributed by atoms with Gasteiger partial charge in [-0.25, -0.2) is 4.79 Å². The predicted molar refractivity (Wildman–Crippen MR) is 84.2 cm³/mol. The van der Waals surface area contributed by atoms with Gasteiger partial charge in [0.05, 0.1) is 0 Å². The molecule has 0 aromatic heterocycles. The minimum Gasteiger partial charge on any atom is -0.403 e. The molecule has 0 amide bonds. The summed E-state index contributed by atoms with van der Waals surface area (Å²) >= 11 is 0. The Kier molecular flexibility index (Phi) is 8.62. The van der Waals surface area contributed by atoms with E-state index in [0.29, 0.717) is 6.42 Å². The number of hydrogen-bond donors (Lipinski definition) is 1. The van der Waals surface area contributed by atoms with Crippen molar-refractivity contribution < 1.29 is 19.4 Å². The van der Waals surface area contributed by atoms with Crippen LogP contribution >= 0.6 is 0 Å². The van der Waals surface area contributed by atoms with Gasteiger partial charge in [-0.3, -0.25) is 4.89 Å². The van der Waals surface area contributed by atoms with Crippen LogP contribution in [-0.4, -0.2) is 25.6 Å². The van der Waals surface area contributed by atoms with E-state index in [1.165, 1.54) is 19.3 Å². The molecule has 0 aliphatic carbocycles. The Bertz CT molecular complexity index is 284. The lowest BCUT2D eigenvalue weighted by Gasteiger charge is -2.38. The molecule has 1 N–H and O–H groups in total. The first-order chi connectivity index (χ1) is 9.15. The van der Waals surface area contributed by atoms with Crippen molar-refractivity contribution >= 4 is 14.3 Å². The number of rotatable bonds is 9. The second-order valence-electron chi connectivity index (χ2n) is 6.98. The zero-order valence-corrected chi connectivity index (χ0v) is 15.0. The standard InChI is InChI=1S/C15H32O4Si/c1-7-8-9-10-11-12-13(14(16)18-17)19-20(5,6)15(2,3)4/h13,17H,7-12H2,1-6H3. The third-order valence-corrected chi connectivity index (χ3v) is 8.65. The van der Waals surface area contributed by atoms with E-state index >= 15 is 0 Å². The van der Waals surface area contributed by atoms with Gasteiger partial charge < -0.3 is 4.43 Å². The van der Waals surface area contributed by atoms with Crippen LogP contribution in [0.15, 0.2) is 0 Å². The molecular weight excluding hydrogens is 272 g/mol. The molecule has 0 aliphatic heterocycles. The van der Waals surface area contributed by atoms with Gasteiger partial charge in [0.2, 0.25) is 0 Å². The molecule has 0 saturated carbocycles. The highest BCUT2D eigenvalue weighted by Crippen LogP contribution is 2.37. The molecule has 4 nitrogen and oxygen atoms in total. The Balaban J connectivity index is 4.47. The van der Waals surface area contributed by atoms with Crippen LogP contribution in [0.25, 0.3) is 0 Å². The van der Waals surface area contributed by atoms with Crippen LogP contribution in [0.2, 0.25) is 18.1 Å². The highest BCUT2D eigenvalue weighted by atomic mass is 28.4. The lowest BCUT2D eigenvalue weighted by atomic mass is 10.1. The fraction of sp³-hybridized carbons (Fsp3) is 0.933. The van der Waals surface area contributed by atoms with Crippen molar-refractivity contribution in [2.75, 3.05) is 0 Å². The molecule has 0 rings (SSSR count). The summed E-state index contributed by atoms with van der Waals surface area (Å²) in [4.78, 5) is 15.6. The van der Waals surface area contributed by atoms with E-state index < -0.39 is 20.4 Å². The Labute approximate surface area is 124 Å². The van der Waals surface area contributed by atoms with Crippen LogP contribution in [0.5, 0.6) is 0 Å². The largest absolute Gasteiger partial charge is 0.403 e. The molecule has 1 atom stereocenters. The average molecular weight is 305 g/mol. The number of hydrogen-bond acceptors (Lipinski definition) is 4. The molecule has 0 aromatic rings.